The number of aromatic nitrogens is 2. The number of carboxylic acid groups (broad SMARTS) is 1. The first kappa shape index (κ1) is 11.5. The van der Waals surface area contributed by atoms with Crippen molar-refractivity contribution in [1.82, 2.24) is 9.55 Å². The molecule has 2 aromatic heterocycles. The van der Waals surface area contributed by atoms with Crippen LogP contribution in [0.15, 0.2) is 24.0 Å². The molecule has 0 aliphatic heterocycles. The van der Waals surface area contributed by atoms with Crippen LogP contribution in [-0.4, -0.2) is 26.4 Å². The van der Waals surface area contributed by atoms with Crippen molar-refractivity contribution in [3.63, 3.8) is 0 Å². The molecule has 0 fully saturated rings. The van der Waals surface area contributed by atoms with E-state index in [4.69, 9.17) is 5.11 Å². The van der Waals surface area contributed by atoms with Crippen molar-refractivity contribution in [3.05, 3.63) is 40.1 Å². The number of Topliss-reactive ketones (excluding diaryl/α,β-unsaturated/α-hetero) is 1. The lowest BCUT2D eigenvalue weighted by molar-refractivity contribution is 0.0685. The smallest absolute Gasteiger partial charge is 0.352 e. The van der Waals surface area contributed by atoms with Gasteiger partial charge in [-0.05, 0) is 13.0 Å². The second-order valence-corrected chi connectivity index (χ2v) is 4.54. The highest BCUT2D eigenvalue weighted by atomic mass is 32.1. The van der Waals surface area contributed by atoms with E-state index in [0.29, 0.717) is 12.1 Å². The molecule has 2 heterocycles. The van der Waals surface area contributed by atoms with Gasteiger partial charge in [0.2, 0.25) is 0 Å². The molecule has 0 bridgehead atoms. The summed E-state index contributed by atoms with van der Waals surface area (Å²) in [5.74, 6) is -1.18. The van der Waals surface area contributed by atoms with Crippen molar-refractivity contribution < 1.29 is 14.7 Å². The number of nitrogens with zero attached hydrogens (tertiary/aromatic N) is 2. The minimum Gasteiger partial charge on any atom is -0.477 e. The first-order valence-electron chi connectivity index (χ1n) is 4.89. The first-order chi connectivity index (χ1) is 8.08. The summed E-state index contributed by atoms with van der Waals surface area (Å²) >= 11 is 1.45. The normalized spacial score (nSPS) is 10.4. The molecule has 0 unspecified atom stereocenters. The molecule has 0 amide bonds. The molecule has 2 rings (SSSR count). The molecule has 1 N–H and O–H groups in total. The van der Waals surface area contributed by atoms with Gasteiger partial charge in [-0.3, -0.25) is 9.78 Å². The zero-order valence-electron chi connectivity index (χ0n) is 9.08. The van der Waals surface area contributed by atoms with Gasteiger partial charge in [0.1, 0.15) is 5.69 Å². The highest BCUT2D eigenvalue weighted by Gasteiger charge is 2.15. The summed E-state index contributed by atoms with van der Waals surface area (Å²) in [7, 11) is 0. The molecule has 2 aromatic rings. The second kappa shape index (κ2) is 4.50. The van der Waals surface area contributed by atoms with Gasteiger partial charge in [0, 0.05) is 22.8 Å². The van der Waals surface area contributed by atoms with E-state index in [-0.39, 0.29) is 11.5 Å². The van der Waals surface area contributed by atoms with Crippen molar-refractivity contribution >= 4 is 23.1 Å². The van der Waals surface area contributed by atoms with E-state index < -0.39 is 5.97 Å². The number of aromatic carboxylic acids is 1. The molecular formula is C11H10N2O3S. The van der Waals surface area contributed by atoms with Gasteiger partial charge in [-0.2, -0.15) is 0 Å². The van der Waals surface area contributed by atoms with Crippen molar-refractivity contribution in [2.24, 2.45) is 0 Å². The maximum atomic E-state index is 11.2. The summed E-state index contributed by atoms with van der Waals surface area (Å²) in [6.07, 6.45) is 3.25. The third-order valence-corrected chi connectivity index (χ3v) is 3.10. The number of carboxylic acids is 1. The van der Waals surface area contributed by atoms with Gasteiger partial charge in [-0.15, -0.1) is 11.3 Å². The Morgan fingerprint density at radius 3 is 2.82 bits per heavy atom. The van der Waals surface area contributed by atoms with Crippen LogP contribution in [0.3, 0.4) is 0 Å². The van der Waals surface area contributed by atoms with Crippen LogP contribution in [0.4, 0.5) is 0 Å². The Labute approximate surface area is 101 Å². The van der Waals surface area contributed by atoms with Crippen molar-refractivity contribution in [1.29, 1.82) is 0 Å². The molecule has 5 nitrogen and oxygen atoms in total. The molecule has 88 valence electrons. The number of ketones is 1. The van der Waals surface area contributed by atoms with E-state index in [0.717, 1.165) is 4.88 Å². The Morgan fingerprint density at radius 1 is 1.53 bits per heavy atom. The molecule has 0 spiro atoms. The minimum absolute atomic E-state index is 0.114. The fourth-order valence-corrected chi connectivity index (χ4v) is 2.09. The lowest BCUT2D eigenvalue weighted by Gasteiger charge is -2.02. The summed E-state index contributed by atoms with van der Waals surface area (Å²) in [5.41, 5.74) is 2.21. The monoisotopic (exact) mass is 250 g/mol. The van der Waals surface area contributed by atoms with Gasteiger partial charge in [-0.25, -0.2) is 4.79 Å². The average Bonchev–Trinajstić information content (AvgIpc) is 2.87. The molecule has 0 radical (unpaired) electrons. The number of carbonyl (C=O) groups is 2. The molecule has 0 aliphatic carbocycles. The van der Waals surface area contributed by atoms with Gasteiger partial charge in [0.25, 0.3) is 0 Å². The van der Waals surface area contributed by atoms with E-state index in [1.807, 2.05) is 0 Å². The fraction of sp³-hybridized carbons (Fsp3) is 0.182. The average molecular weight is 250 g/mol. The number of carbonyl (C=O) groups excluding carboxylic acids is 1. The summed E-state index contributed by atoms with van der Waals surface area (Å²) < 4.78 is 1.55. The maximum absolute atomic E-state index is 11.2. The Balaban J connectivity index is 2.37. The summed E-state index contributed by atoms with van der Waals surface area (Å²) in [6.45, 7) is 1.83. The van der Waals surface area contributed by atoms with Crippen LogP contribution in [0.25, 0.3) is 0 Å². The lowest BCUT2D eigenvalue weighted by atomic mass is 10.2. The van der Waals surface area contributed by atoms with Crippen LogP contribution < -0.4 is 0 Å². The minimum atomic E-state index is -1.04. The van der Waals surface area contributed by atoms with E-state index in [1.54, 1.807) is 22.5 Å². The highest BCUT2D eigenvalue weighted by Crippen LogP contribution is 2.14. The number of hydrogen-bond donors (Lipinski definition) is 1. The van der Waals surface area contributed by atoms with Crippen molar-refractivity contribution in [2.75, 3.05) is 0 Å². The quantitative estimate of drug-likeness (QED) is 0.841. The third kappa shape index (κ3) is 2.42. The fourth-order valence-electron chi connectivity index (χ4n) is 1.50. The zero-order valence-corrected chi connectivity index (χ0v) is 9.90. The van der Waals surface area contributed by atoms with Crippen LogP contribution in [0.1, 0.15) is 32.6 Å². The van der Waals surface area contributed by atoms with Crippen molar-refractivity contribution in [2.45, 2.75) is 13.5 Å². The second-order valence-electron chi connectivity index (χ2n) is 3.57. The largest absolute Gasteiger partial charge is 0.477 e. The first-order valence-corrected chi connectivity index (χ1v) is 5.77. The number of rotatable bonds is 4. The SMILES string of the molecule is CC(=O)c1cc(C(=O)O)n(Cc2cncs2)c1. The van der Waals surface area contributed by atoms with Gasteiger partial charge in [-0.1, -0.05) is 0 Å². The van der Waals surface area contributed by atoms with Crippen molar-refractivity contribution in [3.8, 4) is 0 Å². The van der Waals surface area contributed by atoms with E-state index in [1.165, 1.54) is 24.3 Å². The maximum Gasteiger partial charge on any atom is 0.352 e. The van der Waals surface area contributed by atoms with Crippen LogP contribution in [0.5, 0.6) is 0 Å². The van der Waals surface area contributed by atoms with Crippen LogP contribution in [-0.2, 0) is 6.54 Å². The Kier molecular flexibility index (Phi) is 3.06. The van der Waals surface area contributed by atoms with Gasteiger partial charge in [0.05, 0.1) is 12.1 Å². The van der Waals surface area contributed by atoms with Gasteiger partial charge < -0.3 is 9.67 Å². The summed E-state index contributed by atoms with van der Waals surface area (Å²) in [6, 6.07) is 1.39. The van der Waals surface area contributed by atoms with E-state index in [2.05, 4.69) is 4.98 Å². The zero-order chi connectivity index (χ0) is 12.4. The van der Waals surface area contributed by atoms with Gasteiger partial charge in [0.15, 0.2) is 5.78 Å². The predicted molar refractivity (Wildman–Crippen MR) is 62.6 cm³/mol. The van der Waals surface area contributed by atoms with Gasteiger partial charge >= 0.3 is 5.97 Å². The number of hydrogen-bond acceptors (Lipinski definition) is 4. The summed E-state index contributed by atoms with van der Waals surface area (Å²) in [4.78, 5) is 27.1. The Morgan fingerprint density at radius 2 is 2.29 bits per heavy atom. The molecule has 0 saturated heterocycles. The number of thiazole rings is 1. The predicted octanol–water partition coefficient (Wildman–Crippen LogP) is 1.89. The Bertz CT molecular complexity index is 557. The van der Waals surface area contributed by atoms with Crippen LogP contribution in [0.2, 0.25) is 0 Å². The van der Waals surface area contributed by atoms with E-state index in [9.17, 15) is 9.59 Å². The molecular weight excluding hydrogens is 240 g/mol. The highest BCUT2D eigenvalue weighted by molar-refractivity contribution is 7.09. The van der Waals surface area contributed by atoms with E-state index >= 15 is 0 Å². The summed E-state index contributed by atoms with van der Waals surface area (Å²) in [5, 5.41) is 9.05. The molecule has 6 heteroatoms. The third-order valence-electron chi connectivity index (χ3n) is 2.33. The Hall–Kier alpha value is -1.95. The molecule has 0 saturated carbocycles. The molecule has 0 aromatic carbocycles. The lowest BCUT2D eigenvalue weighted by Crippen LogP contribution is -2.07. The standard InChI is InChI=1S/C11H10N2O3S/c1-7(14)8-2-10(11(15)16)13(4-8)5-9-3-12-6-17-9/h2-4,6H,5H2,1H3,(H,15,16). The van der Waals surface area contributed by atoms with Crippen LogP contribution >= 0.6 is 11.3 Å². The molecule has 0 atom stereocenters. The molecule has 0 aliphatic rings. The topological polar surface area (TPSA) is 72.2 Å². The van der Waals surface area contributed by atoms with Crippen LogP contribution in [0, 0.1) is 0 Å². The molecule has 17 heavy (non-hydrogen) atoms.